The van der Waals surface area contributed by atoms with E-state index in [2.05, 4.69) is 0 Å². The maximum Gasteiger partial charge on any atom is 0.218 e. The van der Waals surface area contributed by atoms with Gasteiger partial charge in [0, 0.05) is 41.3 Å². The Morgan fingerprint density at radius 3 is 2.61 bits per heavy atom. The van der Waals surface area contributed by atoms with Gasteiger partial charge < -0.3 is 15.1 Å². The second kappa shape index (κ2) is 8.78. The monoisotopic (exact) mass is 461 g/mol. The zero-order valence-corrected chi connectivity index (χ0v) is 17.5. The molecule has 31 heavy (non-hydrogen) atoms. The van der Waals surface area contributed by atoms with E-state index in [1.165, 1.54) is 25.2 Å². The fourth-order valence-electron chi connectivity index (χ4n) is 3.90. The SMILES string of the molecule is [2H]C([2H])([2H])N(C)CC1CN(S(=O)(=O)Cc2cc(F)c(F)cc2F)CCC1(O)c1cccc(O)c1. The summed E-state index contributed by atoms with van der Waals surface area (Å²) < 4.78 is 90.7. The molecule has 170 valence electrons. The number of sulfonamides is 1. The molecular formula is C21H25F3N2O4S. The lowest BCUT2D eigenvalue weighted by Crippen LogP contribution is -2.54. The lowest BCUT2D eigenvalue weighted by molar-refractivity contribution is -0.0699. The van der Waals surface area contributed by atoms with Crippen molar-refractivity contribution in [3.63, 3.8) is 0 Å². The van der Waals surface area contributed by atoms with Gasteiger partial charge in [0.25, 0.3) is 0 Å². The third-order valence-electron chi connectivity index (χ3n) is 5.50. The van der Waals surface area contributed by atoms with Crippen molar-refractivity contribution in [2.75, 3.05) is 33.7 Å². The van der Waals surface area contributed by atoms with E-state index in [1.807, 2.05) is 0 Å². The second-order valence-electron chi connectivity index (χ2n) is 7.77. The van der Waals surface area contributed by atoms with Gasteiger partial charge in [-0.2, -0.15) is 0 Å². The topological polar surface area (TPSA) is 81.1 Å². The zero-order valence-electron chi connectivity index (χ0n) is 19.7. The fraction of sp³-hybridized carbons (Fsp3) is 0.429. The van der Waals surface area contributed by atoms with Crippen molar-refractivity contribution in [2.24, 2.45) is 5.92 Å². The predicted octanol–water partition coefficient (Wildman–Crippen LogP) is 2.41. The number of phenols is 1. The summed E-state index contributed by atoms with van der Waals surface area (Å²) >= 11 is 0. The lowest BCUT2D eigenvalue weighted by Gasteiger charge is -2.45. The van der Waals surface area contributed by atoms with E-state index in [1.54, 1.807) is 6.07 Å². The van der Waals surface area contributed by atoms with Crippen LogP contribution in [0.25, 0.3) is 0 Å². The van der Waals surface area contributed by atoms with E-state index in [0.29, 0.717) is 11.6 Å². The van der Waals surface area contributed by atoms with Crippen LogP contribution in [-0.4, -0.2) is 61.5 Å². The molecule has 0 amide bonds. The summed E-state index contributed by atoms with van der Waals surface area (Å²) in [6.45, 7) is -3.27. The highest BCUT2D eigenvalue weighted by atomic mass is 32.2. The van der Waals surface area contributed by atoms with Crippen molar-refractivity contribution < 1.29 is 35.9 Å². The molecule has 2 unspecified atom stereocenters. The van der Waals surface area contributed by atoms with Crippen molar-refractivity contribution in [1.82, 2.24) is 9.21 Å². The van der Waals surface area contributed by atoms with E-state index in [0.717, 1.165) is 9.21 Å². The van der Waals surface area contributed by atoms with E-state index < -0.39 is 57.3 Å². The highest BCUT2D eigenvalue weighted by molar-refractivity contribution is 7.88. The van der Waals surface area contributed by atoms with E-state index >= 15 is 0 Å². The Morgan fingerprint density at radius 1 is 1.23 bits per heavy atom. The van der Waals surface area contributed by atoms with E-state index in [-0.39, 0.29) is 37.9 Å². The van der Waals surface area contributed by atoms with Crippen LogP contribution in [0.1, 0.15) is 21.7 Å². The van der Waals surface area contributed by atoms with Gasteiger partial charge in [0.15, 0.2) is 11.6 Å². The number of aliphatic hydroxyl groups is 1. The minimum atomic E-state index is -4.25. The molecule has 0 aromatic heterocycles. The standard InChI is InChI=1S/C21H25F3N2O4S/c1-25(2)11-16-12-26(7-6-21(16,28)15-4-3-5-17(27)9-15)31(29,30)13-14-8-19(23)20(24)10-18(14)22/h3-5,8-10,16,27-28H,6-7,11-13H2,1-2H3/i1D3. The smallest absolute Gasteiger partial charge is 0.218 e. The Kier molecular flexibility index (Phi) is 5.53. The Morgan fingerprint density at radius 2 is 1.94 bits per heavy atom. The van der Waals surface area contributed by atoms with Crippen molar-refractivity contribution in [2.45, 2.75) is 17.8 Å². The molecule has 0 spiro atoms. The van der Waals surface area contributed by atoms with Crippen LogP contribution in [-0.2, 0) is 21.4 Å². The molecule has 1 aliphatic heterocycles. The van der Waals surface area contributed by atoms with Crippen molar-refractivity contribution in [1.29, 1.82) is 0 Å². The van der Waals surface area contributed by atoms with Gasteiger partial charge in [0.2, 0.25) is 10.0 Å². The van der Waals surface area contributed by atoms with Crippen LogP contribution in [0.15, 0.2) is 36.4 Å². The second-order valence-corrected chi connectivity index (χ2v) is 9.74. The van der Waals surface area contributed by atoms with E-state index in [9.17, 15) is 31.8 Å². The van der Waals surface area contributed by atoms with Crippen LogP contribution in [0.3, 0.4) is 0 Å². The van der Waals surface area contributed by atoms with Gasteiger partial charge in [-0.05, 0) is 44.2 Å². The quantitative estimate of drug-likeness (QED) is 0.646. The van der Waals surface area contributed by atoms with Crippen molar-refractivity contribution >= 4 is 10.0 Å². The first kappa shape index (κ1) is 19.5. The number of piperidine rings is 1. The summed E-state index contributed by atoms with van der Waals surface area (Å²) in [7, 11) is -2.94. The number of hydrogen-bond donors (Lipinski definition) is 2. The summed E-state index contributed by atoms with van der Waals surface area (Å²) in [6, 6.07) is 6.51. The number of benzene rings is 2. The molecule has 0 bridgehead atoms. The third-order valence-corrected chi connectivity index (χ3v) is 7.30. The Hall–Kier alpha value is -2.14. The fourth-order valence-corrected chi connectivity index (χ4v) is 5.47. The summed E-state index contributed by atoms with van der Waals surface area (Å²) in [5.41, 5.74) is -1.93. The Balaban J connectivity index is 1.93. The average Bonchev–Trinajstić information content (AvgIpc) is 2.72. The number of nitrogens with zero attached hydrogens (tertiary/aromatic N) is 2. The molecule has 0 radical (unpaired) electrons. The average molecular weight is 462 g/mol. The van der Waals surface area contributed by atoms with Crippen molar-refractivity contribution in [3.05, 3.63) is 65.0 Å². The number of aromatic hydroxyl groups is 1. The van der Waals surface area contributed by atoms with Gasteiger partial charge in [-0.25, -0.2) is 25.9 Å². The molecule has 3 rings (SSSR count). The molecule has 1 aliphatic rings. The molecule has 0 saturated carbocycles. The zero-order chi connectivity index (χ0) is 25.5. The van der Waals surface area contributed by atoms with Gasteiger partial charge >= 0.3 is 0 Å². The number of halogens is 3. The van der Waals surface area contributed by atoms with Crippen LogP contribution in [0.2, 0.25) is 0 Å². The van der Waals surface area contributed by atoms with Crippen LogP contribution in [0.5, 0.6) is 5.75 Å². The summed E-state index contributed by atoms with van der Waals surface area (Å²) in [5, 5.41) is 21.4. The van der Waals surface area contributed by atoms with E-state index in [4.69, 9.17) is 4.11 Å². The maximum absolute atomic E-state index is 14.1. The number of rotatable bonds is 6. The lowest BCUT2D eigenvalue weighted by atomic mass is 9.76. The highest BCUT2D eigenvalue weighted by Gasteiger charge is 2.45. The molecule has 2 atom stereocenters. The molecular weight excluding hydrogens is 433 g/mol. The van der Waals surface area contributed by atoms with Gasteiger partial charge in [0.1, 0.15) is 11.6 Å². The molecule has 0 aliphatic carbocycles. The van der Waals surface area contributed by atoms with Gasteiger partial charge in [-0.15, -0.1) is 0 Å². The van der Waals surface area contributed by atoms with Crippen LogP contribution in [0, 0.1) is 23.4 Å². The molecule has 1 heterocycles. The first-order valence-electron chi connectivity index (χ1n) is 11.0. The Bertz CT molecular complexity index is 1170. The van der Waals surface area contributed by atoms with Crippen LogP contribution in [0.4, 0.5) is 13.2 Å². The Labute approximate surface area is 183 Å². The molecule has 2 N–H and O–H groups in total. The normalized spacial score (nSPS) is 24.6. The molecule has 2 aromatic rings. The molecule has 6 nitrogen and oxygen atoms in total. The molecule has 10 heteroatoms. The molecule has 2 aromatic carbocycles. The van der Waals surface area contributed by atoms with Gasteiger partial charge in [0.05, 0.1) is 11.4 Å². The summed E-state index contributed by atoms with van der Waals surface area (Å²) in [5.74, 6) is -6.06. The highest BCUT2D eigenvalue weighted by Crippen LogP contribution is 2.40. The number of phenolic OH excluding ortho intramolecular Hbond substituents is 1. The van der Waals surface area contributed by atoms with Crippen LogP contribution >= 0.6 is 0 Å². The minimum Gasteiger partial charge on any atom is -0.508 e. The summed E-state index contributed by atoms with van der Waals surface area (Å²) in [6.07, 6.45) is -0.143. The first-order chi connectivity index (χ1) is 15.6. The van der Waals surface area contributed by atoms with Gasteiger partial charge in [-0.3, -0.25) is 0 Å². The largest absolute Gasteiger partial charge is 0.508 e. The van der Waals surface area contributed by atoms with Gasteiger partial charge in [-0.1, -0.05) is 12.1 Å². The van der Waals surface area contributed by atoms with Crippen molar-refractivity contribution in [3.8, 4) is 5.75 Å². The molecule has 1 fully saturated rings. The third kappa shape index (κ3) is 5.03. The predicted molar refractivity (Wildman–Crippen MR) is 109 cm³/mol. The first-order valence-corrected chi connectivity index (χ1v) is 11.1. The van der Waals surface area contributed by atoms with Crippen LogP contribution < -0.4 is 0 Å². The minimum absolute atomic E-state index is 0.127. The summed E-state index contributed by atoms with van der Waals surface area (Å²) in [4.78, 5) is 0.997. The molecule has 1 saturated heterocycles. The number of hydrogen-bond acceptors (Lipinski definition) is 5. The maximum atomic E-state index is 14.1.